The zero-order valence-electron chi connectivity index (χ0n) is 23.8. The van der Waals surface area contributed by atoms with Crippen LogP contribution >= 0.6 is 0 Å². The minimum atomic E-state index is -1.26. The minimum absolute atomic E-state index is 0.272. The normalized spacial score (nSPS) is 15.4. The summed E-state index contributed by atoms with van der Waals surface area (Å²) in [5.74, 6) is -4.89. The molecule has 1 saturated heterocycles. The van der Waals surface area contributed by atoms with E-state index in [-0.39, 0.29) is 5.82 Å². The van der Waals surface area contributed by atoms with E-state index in [1.54, 1.807) is 6.07 Å². The van der Waals surface area contributed by atoms with Crippen molar-refractivity contribution in [1.82, 2.24) is 15.0 Å². The number of halogens is 1. The molecule has 13 heteroatoms. The summed E-state index contributed by atoms with van der Waals surface area (Å²) < 4.78 is 18.7. The topological polar surface area (TPSA) is 182 Å². The summed E-state index contributed by atoms with van der Waals surface area (Å²) in [4.78, 5) is 43.3. The summed E-state index contributed by atoms with van der Waals surface area (Å²) in [5.41, 5.74) is 4.54. The van der Waals surface area contributed by atoms with E-state index in [0.717, 1.165) is 63.2 Å². The molecular formula is C31H34FN3O9. The van der Waals surface area contributed by atoms with Crippen LogP contribution in [0, 0.1) is 5.82 Å². The molecule has 0 unspecified atom stereocenters. The van der Waals surface area contributed by atoms with Crippen LogP contribution in [0.1, 0.15) is 42.0 Å². The van der Waals surface area contributed by atoms with Gasteiger partial charge in [0.05, 0.1) is 5.69 Å². The molecule has 2 aliphatic heterocycles. The van der Waals surface area contributed by atoms with E-state index >= 15 is 0 Å². The number of likely N-dealkylation sites (tertiary alicyclic amines) is 1. The number of benzene rings is 2. The van der Waals surface area contributed by atoms with E-state index in [2.05, 4.69) is 39.2 Å². The van der Waals surface area contributed by atoms with Crippen LogP contribution in [0.4, 0.5) is 4.39 Å². The van der Waals surface area contributed by atoms with Crippen LogP contribution in [0.5, 0.6) is 0 Å². The Morgan fingerprint density at radius 2 is 1.30 bits per heavy atom. The molecule has 0 aliphatic carbocycles. The van der Waals surface area contributed by atoms with Crippen LogP contribution in [-0.2, 0) is 32.3 Å². The van der Waals surface area contributed by atoms with Gasteiger partial charge in [0.1, 0.15) is 5.82 Å². The molecule has 0 amide bonds. The van der Waals surface area contributed by atoms with E-state index in [1.165, 1.54) is 29.7 Å². The molecule has 0 saturated carbocycles. The molecule has 3 aromatic rings. The van der Waals surface area contributed by atoms with Crippen LogP contribution in [0.25, 0.3) is 11.0 Å². The first kappa shape index (κ1) is 33.6. The number of nitrogens with zero attached hydrogens (tertiary/aromatic N) is 3. The van der Waals surface area contributed by atoms with Crippen molar-refractivity contribution in [2.45, 2.75) is 38.3 Å². The fourth-order valence-corrected chi connectivity index (χ4v) is 5.02. The van der Waals surface area contributed by atoms with Gasteiger partial charge >= 0.3 is 23.9 Å². The molecule has 234 valence electrons. The number of carbonyl (C=O) groups is 4. The maximum atomic E-state index is 13.3. The third-order valence-electron chi connectivity index (χ3n) is 7.03. The van der Waals surface area contributed by atoms with E-state index in [1.807, 2.05) is 0 Å². The van der Waals surface area contributed by atoms with Gasteiger partial charge in [-0.15, -0.1) is 0 Å². The lowest BCUT2D eigenvalue weighted by Crippen LogP contribution is -2.35. The molecule has 2 aromatic carbocycles. The zero-order chi connectivity index (χ0) is 32.1. The molecule has 2 aliphatic rings. The molecule has 0 atom stereocenters. The van der Waals surface area contributed by atoms with Gasteiger partial charge in [-0.25, -0.2) is 23.6 Å². The highest BCUT2D eigenvalue weighted by atomic mass is 19.1. The number of aromatic nitrogens is 1. The van der Waals surface area contributed by atoms with Crippen LogP contribution < -0.4 is 0 Å². The van der Waals surface area contributed by atoms with Crippen molar-refractivity contribution in [2.24, 2.45) is 0 Å². The number of carboxylic acid groups (broad SMARTS) is 4. The van der Waals surface area contributed by atoms with Gasteiger partial charge in [-0.05, 0) is 62.2 Å². The third kappa shape index (κ3) is 11.1. The summed E-state index contributed by atoms with van der Waals surface area (Å²) in [5, 5.41) is 36.5. The van der Waals surface area contributed by atoms with Gasteiger partial charge in [-0.3, -0.25) is 4.90 Å². The number of aliphatic carboxylic acids is 4. The first-order chi connectivity index (χ1) is 21.0. The second kappa shape index (κ2) is 16.7. The maximum Gasteiger partial charge on any atom is 0.328 e. The number of fused-ring (bicyclic) bond motifs is 2. The van der Waals surface area contributed by atoms with Gasteiger partial charge in [0.2, 0.25) is 0 Å². The van der Waals surface area contributed by atoms with Crippen molar-refractivity contribution in [1.29, 1.82) is 0 Å². The van der Waals surface area contributed by atoms with Crippen molar-refractivity contribution in [3.05, 3.63) is 89.4 Å². The predicted octanol–water partition coefficient (Wildman–Crippen LogP) is 3.98. The Hall–Kier alpha value is -4.88. The van der Waals surface area contributed by atoms with Crippen molar-refractivity contribution < 1.29 is 48.5 Å². The fraction of sp³-hybridized carbons (Fsp3) is 0.323. The van der Waals surface area contributed by atoms with Crippen molar-refractivity contribution >= 4 is 34.8 Å². The largest absolute Gasteiger partial charge is 0.478 e. The highest BCUT2D eigenvalue weighted by molar-refractivity contribution is 5.90. The number of hydrogen-bond acceptors (Lipinski definition) is 8. The second-order valence-electron chi connectivity index (χ2n) is 10.2. The lowest BCUT2D eigenvalue weighted by Gasteiger charge is -2.31. The summed E-state index contributed by atoms with van der Waals surface area (Å²) >= 11 is 0. The number of hydrogen-bond donors (Lipinski definition) is 4. The van der Waals surface area contributed by atoms with Crippen molar-refractivity contribution in [2.75, 3.05) is 26.2 Å². The van der Waals surface area contributed by atoms with Crippen LogP contribution in [0.3, 0.4) is 0 Å². The molecule has 4 N–H and O–H groups in total. The smallest absolute Gasteiger partial charge is 0.328 e. The first-order valence-corrected chi connectivity index (χ1v) is 13.9. The number of rotatable bonds is 9. The van der Waals surface area contributed by atoms with Gasteiger partial charge in [-0.1, -0.05) is 29.4 Å². The minimum Gasteiger partial charge on any atom is -0.478 e. The molecule has 3 heterocycles. The fourth-order valence-electron chi connectivity index (χ4n) is 5.02. The monoisotopic (exact) mass is 611 g/mol. The lowest BCUT2D eigenvalue weighted by atomic mass is 9.91. The van der Waals surface area contributed by atoms with Gasteiger partial charge in [0.25, 0.3) is 0 Å². The van der Waals surface area contributed by atoms with Gasteiger partial charge in [0.15, 0.2) is 5.58 Å². The maximum absolute atomic E-state index is 13.3. The number of carboxylic acids is 4. The Morgan fingerprint density at radius 1 is 0.795 bits per heavy atom. The SMILES string of the molecule is Fc1ccc2c(C3CCN(CCCN4Cc5ccccc5C4)CC3)noc2c1.O=C(O)C=CC(=O)O.O=C(O)C=CC(=O)O. The third-order valence-corrected chi connectivity index (χ3v) is 7.03. The molecule has 1 fully saturated rings. The molecule has 0 spiro atoms. The molecule has 12 nitrogen and oxygen atoms in total. The summed E-state index contributed by atoms with van der Waals surface area (Å²) in [7, 11) is 0. The summed E-state index contributed by atoms with van der Waals surface area (Å²) in [6.07, 6.45) is 5.63. The highest BCUT2D eigenvalue weighted by Gasteiger charge is 2.25. The standard InChI is InChI=1S/C23H26FN3O.2C4H4O4/c24-20-6-7-21-22(14-20)28-25-23(21)17-8-12-26(13-9-17)10-3-11-27-15-18-4-1-2-5-19(18)16-27;2*5-3(6)1-2-4(7)8/h1-2,4-7,14,17H,3,8-13,15-16H2;2*1-2H,(H,5,6)(H,7,8). The Balaban J connectivity index is 0.000000275. The molecule has 44 heavy (non-hydrogen) atoms. The summed E-state index contributed by atoms with van der Waals surface area (Å²) in [6.45, 7) is 6.70. The second-order valence-corrected chi connectivity index (χ2v) is 10.2. The van der Waals surface area contributed by atoms with Gasteiger partial charge in [-0.2, -0.15) is 0 Å². The Labute approximate surface area is 252 Å². The molecular weight excluding hydrogens is 577 g/mol. The molecule has 0 radical (unpaired) electrons. The van der Waals surface area contributed by atoms with E-state index in [4.69, 9.17) is 24.9 Å². The Morgan fingerprint density at radius 3 is 1.80 bits per heavy atom. The van der Waals surface area contributed by atoms with Crippen molar-refractivity contribution in [3.63, 3.8) is 0 Å². The van der Waals surface area contributed by atoms with Crippen LogP contribution in [-0.4, -0.2) is 85.4 Å². The van der Waals surface area contributed by atoms with E-state index in [0.29, 0.717) is 35.8 Å². The Kier molecular flexibility index (Phi) is 12.7. The average Bonchev–Trinajstić information content (AvgIpc) is 3.59. The van der Waals surface area contributed by atoms with Crippen LogP contribution in [0.2, 0.25) is 0 Å². The average molecular weight is 612 g/mol. The van der Waals surface area contributed by atoms with Gasteiger partial charge in [0, 0.05) is 61.3 Å². The highest BCUT2D eigenvalue weighted by Crippen LogP contribution is 2.33. The predicted molar refractivity (Wildman–Crippen MR) is 156 cm³/mol. The number of piperidine rings is 1. The Bertz CT molecular complexity index is 1420. The quantitative estimate of drug-likeness (QED) is 0.256. The molecule has 1 aromatic heterocycles. The molecule has 0 bridgehead atoms. The van der Waals surface area contributed by atoms with Crippen LogP contribution in [0.15, 0.2) is 71.3 Å². The van der Waals surface area contributed by atoms with E-state index < -0.39 is 23.9 Å². The van der Waals surface area contributed by atoms with E-state index in [9.17, 15) is 23.6 Å². The molecule has 5 rings (SSSR count). The lowest BCUT2D eigenvalue weighted by molar-refractivity contribution is -0.134. The zero-order valence-corrected chi connectivity index (χ0v) is 23.8. The summed E-state index contributed by atoms with van der Waals surface area (Å²) in [6, 6.07) is 13.5. The van der Waals surface area contributed by atoms with Crippen molar-refractivity contribution in [3.8, 4) is 0 Å². The first-order valence-electron chi connectivity index (χ1n) is 13.9. The van der Waals surface area contributed by atoms with Gasteiger partial charge < -0.3 is 29.8 Å².